The highest BCUT2D eigenvalue weighted by Crippen LogP contribution is 2.68. The topological polar surface area (TPSA) is 0 Å². The number of hydrogen-bond acceptors (Lipinski definition) is 0. The van der Waals surface area contributed by atoms with E-state index in [1.54, 1.807) is 0 Å². The molecule has 96 valence electrons. The van der Waals surface area contributed by atoms with E-state index in [9.17, 15) is 0 Å². The van der Waals surface area contributed by atoms with Gasteiger partial charge in [-0.2, -0.15) is 0 Å². The summed E-state index contributed by atoms with van der Waals surface area (Å²) in [5.41, 5.74) is 1.30. The van der Waals surface area contributed by atoms with E-state index in [4.69, 9.17) is 15.7 Å². The smallest absolute Gasteiger partial charge is 0.0620 e. The summed E-state index contributed by atoms with van der Waals surface area (Å²) in [5.74, 6) is 0.543. The first-order chi connectivity index (χ1) is 8.48. The van der Waals surface area contributed by atoms with E-state index in [1.807, 2.05) is 6.92 Å². The molecular weight excluding hydrogens is 214 g/mol. The van der Waals surface area contributed by atoms with Crippen LogP contribution in [0.5, 0.6) is 0 Å². The van der Waals surface area contributed by atoms with Crippen LogP contribution in [-0.4, -0.2) is 15.7 Å². The Morgan fingerprint density at radius 2 is 1.33 bits per heavy atom. The monoisotopic (exact) mass is 240 g/mol. The molecule has 0 heterocycles. The van der Waals surface area contributed by atoms with Crippen LogP contribution < -0.4 is 0 Å². The SMILES string of the molecule is [B]C([B])(C)C1CCC23CCCCC2(CCCC3)C1. The second-order valence-electron chi connectivity index (χ2n) is 7.78. The predicted octanol–water partition coefficient (Wildman–Crippen LogP) is 4.38. The quantitative estimate of drug-likeness (QED) is 0.596. The molecule has 3 aliphatic rings. The van der Waals surface area contributed by atoms with Gasteiger partial charge in [-0.3, -0.25) is 0 Å². The molecule has 0 nitrogen and oxygen atoms in total. The molecule has 0 aromatic carbocycles. The first-order valence-corrected chi connectivity index (χ1v) is 8.05. The van der Waals surface area contributed by atoms with Crippen molar-refractivity contribution >= 4 is 15.7 Å². The van der Waals surface area contributed by atoms with Crippen LogP contribution in [0.3, 0.4) is 0 Å². The van der Waals surface area contributed by atoms with E-state index >= 15 is 0 Å². The fourth-order valence-electron chi connectivity index (χ4n) is 5.66. The predicted molar refractivity (Wildman–Crippen MR) is 79.0 cm³/mol. The Hall–Kier alpha value is 0.130. The van der Waals surface area contributed by atoms with Crippen molar-refractivity contribution in [1.82, 2.24) is 0 Å². The maximum Gasteiger partial charge on any atom is 0.0620 e. The Kier molecular flexibility index (Phi) is 3.15. The van der Waals surface area contributed by atoms with E-state index < -0.39 is 5.21 Å². The third kappa shape index (κ3) is 1.90. The second-order valence-corrected chi connectivity index (χ2v) is 7.78. The molecule has 0 N–H and O–H groups in total. The van der Waals surface area contributed by atoms with Crippen molar-refractivity contribution in [3.05, 3.63) is 0 Å². The zero-order valence-electron chi connectivity index (χ0n) is 12.0. The van der Waals surface area contributed by atoms with Crippen molar-refractivity contribution in [2.45, 2.75) is 82.8 Å². The normalized spacial score (nSPS) is 45.1. The number of hydrogen-bond donors (Lipinski definition) is 0. The zero-order chi connectivity index (χ0) is 12.9. The Labute approximate surface area is 115 Å². The largest absolute Gasteiger partial charge is 0.0989 e. The molecule has 0 spiro atoms. The average Bonchev–Trinajstić information content (AvgIpc) is 2.35. The van der Waals surface area contributed by atoms with Gasteiger partial charge < -0.3 is 0 Å². The highest BCUT2D eigenvalue weighted by molar-refractivity contribution is 6.39. The number of rotatable bonds is 1. The minimum Gasteiger partial charge on any atom is -0.0989 e. The van der Waals surface area contributed by atoms with E-state index in [-0.39, 0.29) is 0 Å². The van der Waals surface area contributed by atoms with Crippen molar-refractivity contribution in [2.24, 2.45) is 16.7 Å². The Bertz CT molecular complexity index is 304. The van der Waals surface area contributed by atoms with Gasteiger partial charge in [-0.25, -0.2) is 0 Å². The van der Waals surface area contributed by atoms with Gasteiger partial charge in [0.1, 0.15) is 0 Å². The lowest BCUT2D eigenvalue weighted by atomic mass is 9.38. The summed E-state index contributed by atoms with van der Waals surface area (Å²) in [6.45, 7) is 2.03. The standard InChI is InChI=1S/C16H26B2/c1-14(17,18)13-6-11-15-7-2-4-9-16(15,12-13)10-5-3-8-15/h13H,2-12H2,1H3. The molecule has 3 saturated carbocycles. The molecule has 0 aliphatic heterocycles. The minimum absolute atomic E-state index is 0.462. The molecule has 1 atom stereocenters. The maximum atomic E-state index is 6.23. The molecule has 0 bridgehead atoms. The first kappa shape index (κ1) is 13.1. The van der Waals surface area contributed by atoms with E-state index in [0.29, 0.717) is 16.7 Å². The summed E-state index contributed by atoms with van der Waals surface area (Å²) in [7, 11) is 12.5. The van der Waals surface area contributed by atoms with E-state index in [2.05, 4.69) is 0 Å². The molecule has 3 aliphatic carbocycles. The van der Waals surface area contributed by atoms with Gasteiger partial charge in [-0.1, -0.05) is 50.2 Å². The highest BCUT2D eigenvalue weighted by Gasteiger charge is 2.56. The third-order valence-corrected chi connectivity index (χ3v) is 6.73. The van der Waals surface area contributed by atoms with Gasteiger partial charge in [0, 0.05) is 0 Å². The van der Waals surface area contributed by atoms with Crippen LogP contribution in [0.2, 0.25) is 5.21 Å². The lowest BCUT2D eigenvalue weighted by Crippen LogP contribution is -2.52. The lowest BCUT2D eigenvalue weighted by Gasteiger charge is -2.63. The van der Waals surface area contributed by atoms with Gasteiger partial charge in [0.15, 0.2) is 0 Å². The molecule has 0 aromatic heterocycles. The third-order valence-electron chi connectivity index (χ3n) is 6.73. The van der Waals surface area contributed by atoms with Crippen LogP contribution in [0.15, 0.2) is 0 Å². The van der Waals surface area contributed by atoms with Gasteiger partial charge in [0.05, 0.1) is 15.7 Å². The molecule has 0 aromatic rings. The van der Waals surface area contributed by atoms with Crippen LogP contribution in [0.1, 0.15) is 77.6 Å². The fraction of sp³-hybridized carbons (Fsp3) is 1.00. The van der Waals surface area contributed by atoms with Crippen molar-refractivity contribution < 1.29 is 0 Å². The van der Waals surface area contributed by atoms with Crippen molar-refractivity contribution in [2.75, 3.05) is 0 Å². The molecule has 0 saturated heterocycles. The summed E-state index contributed by atoms with van der Waals surface area (Å²) in [6.07, 6.45) is 15.7. The molecule has 0 amide bonds. The Morgan fingerprint density at radius 1 is 0.833 bits per heavy atom. The lowest BCUT2D eigenvalue weighted by molar-refractivity contribution is -0.109. The fourth-order valence-corrected chi connectivity index (χ4v) is 5.66. The van der Waals surface area contributed by atoms with Crippen LogP contribution in [0.25, 0.3) is 0 Å². The van der Waals surface area contributed by atoms with Gasteiger partial charge in [0.2, 0.25) is 0 Å². The van der Waals surface area contributed by atoms with Crippen LogP contribution in [-0.2, 0) is 0 Å². The van der Waals surface area contributed by atoms with E-state index in [1.165, 1.54) is 70.6 Å². The maximum absolute atomic E-state index is 6.23. The summed E-state index contributed by atoms with van der Waals surface area (Å²) >= 11 is 0. The molecule has 4 radical (unpaired) electrons. The Balaban J connectivity index is 1.89. The van der Waals surface area contributed by atoms with Crippen molar-refractivity contribution in [3.8, 4) is 0 Å². The average molecular weight is 240 g/mol. The van der Waals surface area contributed by atoms with Crippen LogP contribution in [0.4, 0.5) is 0 Å². The minimum atomic E-state index is -0.462. The van der Waals surface area contributed by atoms with Gasteiger partial charge in [0.25, 0.3) is 0 Å². The molecular formula is C16H26B2. The van der Waals surface area contributed by atoms with Gasteiger partial charge >= 0.3 is 0 Å². The van der Waals surface area contributed by atoms with Gasteiger partial charge in [-0.15, -0.1) is 0 Å². The highest BCUT2D eigenvalue weighted by atomic mass is 14.6. The summed E-state index contributed by atoms with van der Waals surface area (Å²) in [5, 5.41) is -0.462. The summed E-state index contributed by atoms with van der Waals surface area (Å²) in [6, 6.07) is 0. The molecule has 3 fully saturated rings. The van der Waals surface area contributed by atoms with Crippen molar-refractivity contribution in [1.29, 1.82) is 0 Å². The van der Waals surface area contributed by atoms with E-state index in [0.717, 1.165) is 0 Å². The summed E-state index contributed by atoms with van der Waals surface area (Å²) < 4.78 is 0. The van der Waals surface area contributed by atoms with Gasteiger partial charge in [-0.05, 0) is 49.4 Å². The summed E-state index contributed by atoms with van der Waals surface area (Å²) in [4.78, 5) is 0. The molecule has 3 rings (SSSR count). The van der Waals surface area contributed by atoms with Crippen LogP contribution in [0, 0.1) is 16.7 Å². The molecule has 2 heteroatoms. The van der Waals surface area contributed by atoms with Crippen LogP contribution >= 0.6 is 0 Å². The first-order valence-electron chi connectivity index (χ1n) is 8.05. The molecule has 1 unspecified atom stereocenters. The van der Waals surface area contributed by atoms with Crippen molar-refractivity contribution in [3.63, 3.8) is 0 Å². The second kappa shape index (κ2) is 4.32. The molecule has 18 heavy (non-hydrogen) atoms. The zero-order valence-corrected chi connectivity index (χ0v) is 12.0. The Morgan fingerprint density at radius 3 is 1.83 bits per heavy atom.